The van der Waals surface area contributed by atoms with Gasteiger partial charge in [-0.2, -0.15) is 0 Å². The molecule has 135 heavy (non-hydrogen) atoms. The van der Waals surface area contributed by atoms with Gasteiger partial charge in [0.2, 0.25) is 23.2 Å². The number of alkyl carbamates (subject to hydrolysis) is 1. The van der Waals surface area contributed by atoms with Crippen LogP contribution in [0.5, 0.6) is 34.5 Å². The third kappa shape index (κ3) is 19.2. The van der Waals surface area contributed by atoms with E-state index in [1.54, 1.807) is 26.0 Å². The number of phenolic OH excluding ortho intramolecular Hbond substituents is 4. The number of hydrogen-bond acceptors (Lipinski definition) is 35. The first kappa shape index (κ1) is 96.0. The second-order valence-electron chi connectivity index (χ2n) is 34.6. The summed E-state index contributed by atoms with van der Waals surface area (Å²) in [6.07, 6.45) is 2.87. The molecule has 21 N–H and O–H groups in total. The molecule has 8 aromatic carbocycles. The summed E-state index contributed by atoms with van der Waals surface area (Å²) in [5.41, 5.74) is 33.1. The molecule has 0 bridgehead atoms. The van der Waals surface area contributed by atoms with Crippen LogP contribution in [0.1, 0.15) is 207 Å². The maximum atomic E-state index is 13.9. The van der Waals surface area contributed by atoms with Gasteiger partial charge in [-0.05, 0) is 131 Å². The molecule has 1 amide bonds. The lowest BCUT2D eigenvalue weighted by Gasteiger charge is -2.42. The molecule has 2 fully saturated rings. The summed E-state index contributed by atoms with van der Waals surface area (Å²) in [6.45, 7) is 1.05. The van der Waals surface area contributed by atoms with Crippen molar-refractivity contribution in [2.45, 2.75) is 202 Å². The molecule has 18 rings (SSSR count). The fourth-order valence-corrected chi connectivity index (χ4v) is 18.9. The number of fused-ring (bicyclic) bond motifs is 7. The van der Waals surface area contributed by atoms with Crippen molar-refractivity contribution in [2.75, 3.05) is 50.4 Å². The second-order valence-corrected chi connectivity index (χ2v) is 34.6. The van der Waals surface area contributed by atoms with E-state index in [1.165, 1.54) is 87.4 Å². The fourth-order valence-electron chi connectivity index (χ4n) is 18.9. The Morgan fingerprint density at radius 1 is 0.467 bits per heavy atom. The summed E-state index contributed by atoms with van der Waals surface area (Å²) < 4.78 is 40.0. The van der Waals surface area contributed by atoms with E-state index in [-0.39, 0.29) is 68.8 Å². The number of methoxy groups -OCH3 is 2. The molecule has 0 radical (unpaired) electrons. The van der Waals surface area contributed by atoms with Crippen LogP contribution < -0.4 is 43.5 Å². The van der Waals surface area contributed by atoms with E-state index in [4.69, 9.17) is 61.8 Å². The molecular weight excluding hydrogens is 1740 g/mol. The highest BCUT2D eigenvalue weighted by atomic mass is 16.7. The Hall–Kier alpha value is -13.6. The van der Waals surface area contributed by atoms with Crippen molar-refractivity contribution in [1.82, 2.24) is 35.9 Å². The summed E-state index contributed by atoms with van der Waals surface area (Å²) in [4.78, 5) is 93.1. The fraction of sp³-hybridized carbons (Fsp3) is 0.364. The number of nitrogens with zero attached hydrogens (tertiary/aromatic N) is 6. The van der Waals surface area contributed by atoms with Crippen LogP contribution in [-0.4, -0.2) is 216 Å². The number of ketones is 6. The van der Waals surface area contributed by atoms with Gasteiger partial charge in [-0.1, -0.05) is 110 Å². The number of rotatable bonds is 16. The highest BCUT2D eigenvalue weighted by Crippen LogP contribution is 2.56. The van der Waals surface area contributed by atoms with E-state index in [1.807, 2.05) is 97.1 Å². The molecule has 2 saturated heterocycles. The molecule has 3 unspecified atom stereocenters. The lowest BCUT2D eigenvalue weighted by Crippen LogP contribution is -2.56. The SMILES string of the molecule is COc1cccc2c1C(=O)c1c(O)c3c(c(O)c1C2=O)C[C@@](O)(C(=O)CO)C[C@@H]3O[C@H]1C[C@@H](N)[C@H](O)C(C)O1.COc1cccc2c1C(=O)c1c(O)c3c(c(O)c1C2=O)C[C@@](O)(C(=O)CO)C[C@@H]3O[C@H]1C[C@@H](NC(=O)OC2/C=C/CCCCC2)[C@H](O)C(C)O1.Nc1ccccc1-c1nnc(-c2ccccc2N)c2c1CCCCCC2.Nc1ccccc1-c1nnc(-c2ccccc2N)nn1. The summed E-state index contributed by atoms with van der Waals surface area (Å²) in [5.74, 6) is -6.98. The standard InChI is InChI=1S/C36H41NO13.C27H29NO11.C22H24N4.C14H12N6/c1-17-30(40)21(37-35(45)49-18-9-6-4-3-5-7-10-18)13-25(48-17)50-23-15-36(46,24(39)16-38)14-20-27(23)34(44)29-28(32(20)42)31(41)19-11-8-12-22(47-2)26(19)33(29)43;1-10-22(31)13(28)6-17(38-10)39-15-8-27(36,16(30)9-29)7-12-19(15)26(35)21-20(24(12)33)23(32)11-4-3-5-14(37-2)18(11)25(21)34;23-19-13-7-5-11-17(19)21-15-9-3-1-2-4-10-16(15)22(26-25-21)18-12-6-8-14-20(18)24;15-11-7-3-1-5-9(11)13-17-19-14(20-18-13)10-6-2-4-8-12(10)16/h6,8-9,11-12,17-18,21,23,25,30,38,40,42,44,46H,3-5,7,10,13-16H2,1-2H3,(H,37,45);3-5,10,13,15,17,22,29,31,33,35-36H,6-9,28H2,1-2H3;5-8,11-14H,1-4,9-10,23-24H2;1-8H,15-16H2/b9-6+;;;/t17?,18?,21-,23+,25+,30-,36+;10?,13-,15+,17+,22-,27+;;/m11../s1. The van der Waals surface area contributed by atoms with Crippen LogP contribution in [-0.2, 0) is 59.0 Å². The molecule has 4 heterocycles. The minimum Gasteiger partial charge on any atom is -0.507 e. The first-order valence-corrected chi connectivity index (χ1v) is 44.5. The Balaban J connectivity index is 0.000000145. The number of Topliss-reactive ketones (excluding diaryl/α,β-unsaturated/α-hetero) is 2. The number of nitrogen functional groups attached to an aromatic ring is 4. The van der Waals surface area contributed by atoms with Crippen LogP contribution in [0, 0.1) is 0 Å². The molecule has 0 spiro atoms. The second kappa shape index (κ2) is 40.7. The minimum absolute atomic E-state index is 0.0173. The Labute approximate surface area is 774 Å². The number of hydrogen-bond donors (Lipinski definition) is 16. The number of carbonyl (C=O) groups excluding carboxylic acids is 7. The van der Waals surface area contributed by atoms with Crippen molar-refractivity contribution < 1.29 is 118 Å². The average Bonchev–Trinajstić information content (AvgIpc) is 0.711. The number of allylic oxidation sites excluding steroid dienone is 1. The van der Waals surface area contributed by atoms with Crippen molar-refractivity contribution in [2.24, 2.45) is 5.73 Å². The topological polar surface area (TPSA) is 606 Å². The quantitative estimate of drug-likeness (QED) is 0.0243. The van der Waals surface area contributed by atoms with E-state index in [0.29, 0.717) is 40.6 Å². The molecule has 0 saturated carbocycles. The highest BCUT2D eigenvalue weighted by Gasteiger charge is 2.53. The van der Waals surface area contributed by atoms with Crippen molar-refractivity contribution in [3.63, 3.8) is 0 Å². The number of aliphatic hydroxyl groups excluding tert-OH is 4. The van der Waals surface area contributed by atoms with E-state index in [2.05, 4.69) is 35.9 Å². The zero-order valence-corrected chi connectivity index (χ0v) is 74.4. The smallest absolute Gasteiger partial charge is 0.408 e. The van der Waals surface area contributed by atoms with Gasteiger partial charge in [0.25, 0.3) is 0 Å². The number of benzene rings is 8. The van der Waals surface area contributed by atoms with E-state index in [9.17, 15) is 84.6 Å². The first-order chi connectivity index (χ1) is 64.8. The van der Waals surface area contributed by atoms with Gasteiger partial charge in [0.1, 0.15) is 71.1 Å². The third-order valence-corrected chi connectivity index (χ3v) is 25.9. The number of nitrogens with two attached hydrogens (primary N) is 5. The number of aromatic hydroxyl groups is 4. The molecule has 6 aliphatic carbocycles. The average molecular weight is 1850 g/mol. The Kier molecular flexibility index (Phi) is 28.9. The number of aromatic nitrogens is 6. The van der Waals surface area contributed by atoms with Gasteiger partial charge in [-0.15, -0.1) is 30.6 Å². The Morgan fingerprint density at radius 2 is 0.859 bits per heavy atom. The van der Waals surface area contributed by atoms with Crippen molar-refractivity contribution in [3.05, 3.63) is 224 Å². The molecule has 13 atom stereocenters. The van der Waals surface area contributed by atoms with Gasteiger partial charge >= 0.3 is 6.09 Å². The molecule has 36 heteroatoms. The molecule has 2 aromatic heterocycles. The monoisotopic (exact) mass is 1850 g/mol. The lowest BCUT2D eigenvalue weighted by atomic mass is 9.72. The van der Waals surface area contributed by atoms with Crippen LogP contribution in [0.25, 0.3) is 45.3 Å². The number of ether oxygens (including phenoxy) is 7. The molecule has 10 aromatic rings. The highest BCUT2D eigenvalue weighted by molar-refractivity contribution is 6.32. The van der Waals surface area contributed by atoms with E-state index in [0.717, 1.165) is 72.4 Å². The van der Waals surface area contributed by atoms with Crippen LogP contribution >= 0.6 is 0 Å². The first-order valence-electron chi connectivity index (χ1n) is 44.5. The molecule has 706 valence electrons. The molecular formula is C99H106N12O24. The van der Waals surface area contributed by atoms with E-state index < -0.39 is 204 Å². The van der Waals surface area contributed by atoms with Crippen molar-refractivity contribution in [1.29, 1.82) is 0 Å². The molecule has 2 aliphatic heterocycles. The maximum Gasteiger partial charge on any atom is 0.408 e. The summed E-state index contributed by atoms with van der Waals surface area (Å²) in [7, 11) is 2.64. The van der Waals surface area contributed by atoms with Gasteiger partial charge in [-0.25, -0.2) is 4.79 Å². The van der Waals surface area contributed by atoms with Gasteiger partial charge in [0.05, 0.1) is 95.5 Å². The largest absolute Gasteiger partial charge is 0.507 e. The van der Waals surface area contributed by atoms with Gasteiger partial charge in [0.15, 0.2) is 35.7 Å². The Morgan fingerprint density at radius 3 is 1.27 bits per heavy atom. The van der Waals surface area contributed by atoms with Crippen LogP contribution in [0.15, 0.2) is 146 Å². The number of para-hydroxylation sites is 4. The predicted octanol–water partition coefficient (Wildman–Crippen LogP) is 9.06. The van der Waals surface area contributed by atoms with Gasteiger partial charge in [0, 0.05) is 123 Å². The van der Waals surface area contributed by atoms with Crippen LogP contribution in [0.4, 0.5) is 27.5 Å². The van der Waals surface area contributed by atoms with Gasteiger partial charge < -0.3 is 118 Å². The number of nitrogens with one attached hydrogen (secondary N) is 1. The Bertz CT molecular complexity index is 6120. The summed E-state index contributed by atoms with van der Waals surface area (Å²) in [6, 6.07) is 37.5. The number of carbonyl (C=O) groups is 7. The lowest BCUT2D eigenvalue weighted by molar-refractivity contribution is -0.249. The minimum atomic E-state index is -2.32. The number of phenols is 4. The number of aliphatic hydroxyl groups is 6. The number of anilines is 4. The maximum absolute atomic E-state index is 13.9. The predicted molar refractivity (Wildman–Crippen MR) is 490 cm³/mol. The van der Waals surface area contributed by atoms with Crippen molar-refractivity contribution in [3.8, 4) is 79.8 Å². The summed E-state index contributed by atoms with van der Waals surface area (Å²) >= 11 is 0. The van der Waals surface area contributed by atoms with Crippen LogP contribution in [0.3, 0.4) is 0 Å². The summed E-state index contributed by atoms with van der Waals surface area (Å²) in [5, 5.41) is 137. The molecule has 36 nitrogen and oxygen atoms in total. The van der Waals surface area contributed by atoms with Gasteiger partial charge in [-0.3, -0.25) is 28.8 Å². The van der Waals surface area contributed by atoms with Crippen molar-refractivity contribution >= 4 is 63.5 Å². The van der Waals surface area contributed by atoms with E-state index >= 15 is 0 Å². The zero-order valence-electron chi connectivity index (χ0n) is 74.4. The zero-order chi connectivity index (χ0) is 96.2. The third-order valence-electron chi connectivity index (χ3n) is 25.9. The van der Waals surface area contributed by atoms with Crippen LogP contribution in [0.2, 0.25) is 0 Å². The normalized spacial score (nSPS) is 23.9. The molecule has 8 aliphatic rings. The number of amides is 1.